The molecule has 0 bridgehead atoms. The van der Waals surface area contributed by atoms with E-state index in [1.54, 1.807) is 30.5 Å². The molecule has 4 aromatic rings. The van der Waals surface area contributed by atoms with Crippen LogP contribution in [0.4, 0.5) is 11.4 Å². The Labute approximate surface area is 170 Å². The number of carbonyl (C=O) groups excluding carboxylic acids is 1. The number of benzene rings is 2. The number of nitrogens with one attached hydrogen (secondary N) is 1. The van der Waals surface area contributed by atoms with Gasteiger partial charge in [0.1, 0.15) is 5.75 Å². The second-order valence-electron chi connectivity index (χ2n) is 6.46. The minimum Gasteiger partial charge on any atom is -0.484 e. The predicted octanol–water partition coefficient (Wildman–Crippen LogP) is 4.12. The van der Waals surface area contributed by atoms with Crippen molar-refractivity contribution in [1.29, 1.82) is 0 Å². The van der Waals surface area contributed by atoms with Gasteiger partial charge in [-0.2, -0.15) is 4.98 Å². The number of rotatable bonds is 6. The number of nitro groups is 1. The van der Waals surface area contributed by atoms with Crippen molar-refractivity contribution in [3.63, 3.8) is 0 Å². The summed E-state index contributed by atoms with van der Waals surface area (Å²) in [6.45, 7) is 1.63. The van der Waals surface area contributed by atoms with Crippen LogP contribution in [0.25, 0.3) is 22.7 Å². The quantitative estimate of drug-likeness (QED) is 0.379. The van der Waals surface area contributed by atoms with Gasteiger partial charge < -0.3 is 14.5 Å². The summed E-state index contributed by atoms with van der Waals surface area (Å²) in [7, 11) is 0. The summed E-state index contributed by atoms with van der Waals surface area (Å²) >= 11 is 0. The Morgan fingerprint density at radius 1 is 1.20 bits per heavy atom. The van der Waals surface area contributed by atoms with Gasteiger partial charge in [-0.05, 0) is 55.0 Å². The van der Waals surface area contributed by atoms with Crippen LogP contribution < -0.4 is 10.1 Å². The van der Waals surface area contributed by atoms with Crippen molar-refractivity contribution in [2.45, 2.75) is 6.92 Å². The summed E-state index contributed by atoms with van der Waals surface area (Å²) in [5.74, 6) is 0.467. The van der Waals surface area contributed by atoms with Crippen molar-refractivity contribution >= 4 is 28.5 Å². The molecule has 1 amide bonds. The zero-order chi connectivity index (χ0) is 21.1. The third-order valence-electron chi connectivity index (χ3n) is 4.33. The van der Waals surface area contributed by atoms with E-state index in [4.69, 9.17) is 9.15 Å². The van der Waals surface area contributed by atoms with Crippen molar-refractivity contribution in [3.8, 4) is 17.2 Å². The van der Waals surface area contributed by atoms with E-state index < -0.39 is 4.92 Å². The van der Waals surface area contributed by atoms with E-state index in [0.29, 0.717) is 28.6 Å². The van der Waals surface area contributed by atoms with Crippen LogP contribution in [-0.4, -0.2) is 27.4 Å². The van der Waals surface area contributed by atoms with Crippen LogP contribution in [0.3, 0.4) is 0 Å². The largest absolute Gasteiger partial charge is 0.484 e. The molecule has 9 nitrogen and oxygen atoms in total. The maximum Gasteiger partial charge on any atom is 0.269 e. The molecule has 2 aromatic heterocycles. The predicted molar refractivity (Wildman–Crippen MR) is 109 cm³/mol. The van der Waals surface area contributed by atoms with Gasteiger partial charge in [-0.25, -0.2) is 4.98 Å². The van der Waals surface area contributed by atoms with Gasteiger partial charge in [0, 0.05) is 29.6 Å². The minimum absolute atomic E-state index is 0.0442. The van der Waals surface area contributed by atoms with Gasteiger partial charge in [0.05, 0.1) is 4.92 Å². The van der Waals surface area contributed by atoms with Gasteiger partial charge in [-0.3, -0.25) is 14.9 Å². The van der Waals surface area contributed by atoms with Crippen LogP contribution in [0, 0.1) is 17.0 Å². The van der Waals surface area contributed by atoms with Gasteiger partial charge in [-0.1, -0.05) is 0 Å². The lowest BCUT2D eigenvalue weighted by atomic mass is 10.1. The molecule has 0 spiro atoms. The van der Waals surface area contributed by atoms with E-state index in [0.717, 1.165) is 11.1 Å². The highest BCUT2D eigenvalue weighted by molar-refractivity contribution is 5.93. The van der Waals surface area contributed by atoms with E-state index in [9.17, 15) is 14.9 Å². The number of oxazole rings is 1. The van der Waals surface area contributed by atoms with Gasteiger partial charge >= 0.3 is 0 Å². The molecule has 0 aliphatic carbocycles. The number of carbonyl (C=O) groups is 1. The third kappa shape index (κ3) is 4.09. The summed E-state index contributed by atoms with van der Waals surface area (Å²) < 4.78 is 11.1. The van der Waals surface area contributed by atoms with Crippen LogP contribution >= 0.6 is 0 Å². The maximum atomic E-state index is 12.2. The SMILES string of the molecule is Cc1cc(-c2nc3ncccc3o2)ccc1NC(=O)COc1ccc([N+](=O)[O-])cc1. The minimum atomic E-state index is -0.500. The molecule has 2 heterocycles. The molecule has 0 unspecified atom stereocenters. The molecular weight excluding hydrogens is 388 g/mol. The standard InChI is InChI=1S/C21H16N4O5/c1-13-11-14(21-24-20-18(30-21)3-2-10-22-20)4-9-17(13)23-19(26)12-29-16-7-5-15(6-8-16)25(27)28/h2-11H,12H2,1H3,(H,23,26). The summed E-state index contributed by atoms with van der Waals surface area (Å²) in [6.07, 6.45) is 1.65. The molecule has 9 heteroatoms. The van der Waals surface area contributed by atoms with Crippen molar-refractivity contribution in [2.75, 3.05) is 11.9 Å². The number of pyridine rings is 1. The van der Waals surface area contributed by atoms with E-state index in [2.05, 4.69) is 15.3 Å². The zero-order valence-electron chi connectivity index (χ0n) is 15.9. The number of anilines is 1. The highest BCUT2D eigenvalue weighted by atomic mass is 16.6. The highest BCUT2D eigenvalue weighted by Crippen LogP contribution is 2.27. The third-order valence-corrected chi connectivity index (χ3v) is 4.33. The normalized spacial score (nSPS) is 10.7. The number of nitro benzene ring substituents is 1. The fraction of sp³-hybridized carbons (Fsp3) is 0.0952. The average molecular weight is 404 g/mol. The summed E-state index contributed by atoms with van der Waals surface area (Å²) in [6, 6.07) is 14.5. The maximum absolute atomic E-state index is 12.2. The van der Waals surface area contributed by atoms with Crippen molar-refractivity contribution in [3.05, 3.63) is 76.5 Å². The first-order chi connectivity index (χ1) is 14.5. The van der Waals surface area contributed by atoms with Crippen LogP contribution in [0.2, 0.25) is 0 Å². The Bertz CT molecular complexity index is 1200. The number of hydrogen-bond donors (Lipinski definition) is 1. The Hall–Kier alpha value is -4.27. The molecule has 30 heavy (non-hydrogen) atoms. The van der Waals surface area contributed by atoms with Gasteiger partial charge in [0.2, 0.25) is 5.89 Å². The van der Waals surface area contributed by atoms with Gasteiger partial charge in [0.15, 0.2) is 17.8 Å². The molecule has 0 radical (unpaired) electrons. The van der Waals surface area contributed by atoms with E-state index in [-0.39, 0.29) is 18.2 Å². The Morgan fingerprint density at radius 2 is 2.00 bits per heavy atom. The molecule has 2 aromatic carbocycles. The summed E-state index contributed by atoms with van der Waals surface area (Å²) in [4.78, 5) is 30.9. The lowest BCUT2D eigenvalue weighted by molar-refractivity contribution is -0.384. The number of aromatic nitrogens is 2. The fourth-order valence-electron chi connectivity index (χ4n) is 2.83. The van der Waals surface area contributed by atoms with Crippen molar-refractivity contribution in [1.82, 2.24) is 9.97 Å². The second-order valence-corrected chi connectivity index (χ2v) is 6.46. The zero-order valence-corrected chi connectivity index (χ0v) is 15.9. The molecule has 150 valence electrons. The average Bonchev–Trinajstić information content (AvgIpc) is 3.18. The van der Waals surface area contributed by atoms with Gasteiger partial charge in [-0.15, -0.1) is 0 Å². The number of hydrogen-bond acceptors (Lipinski definition) is 7. The molecule has 1 N–H and O–H groups in total. The number of ether oxygens (including phenoxy) is 1. The van der Waals surface area contributed by atoms with Crippen LogP contribution in [0.1, 0.15) is 5.56 Å². The van der Waals surface area contributed by atoms with Crippen LogP contribution in [0.5, 0.6) is 5.75 Å². The number of non-ortho nitro benzene ring substituents is 1. The molecule has 0 saturated carbocycles. The first kappa shape index (κ1) is 19.1. The van der Waals surface area contributed by atoms with Crippen LogP contribution in [-0.2, 0) is 4.79 Å². The van der Waals surface area contributed by atoms with E-state index in [1.807, 2.05) is 13.0 Å². The summed E-state index contributed by atoms with van der Waals surface area (Å²) in [5, 5.41) is 13.4. The number of aryl methyl sites for hydroxylation is 1. The second kappa shape index (κ2) is 8.00. The fourth-order valence-corrected chi connectivity index (χ4v) is 2.83. The smallest absolute Gasteiger partial charge is 0.269 e. The molecule has 0 fully saturated rings. The molecule has 4 rings (SSSR count). The van der Waals surface area contributed by atoms with Gasteiger partial charge in [0.25, 0.3) is 11.6 Å². The first-order valence-electron chi connectivity index (χ1n) is 8.99. The number of amides is 1. The molecule has 0 saturated heterocycles. The van der Waals surface area contributed by atoms with Crippen molar-refractivity contribution in [2.24, 2.45) is 0 Å². The highest BCUT2D eigenvalue weighted by Gasteiger charge is 2.12. The van der Waals surface area contributed by atoms with Crippen molar-refractivity contribution < 1.29 is 18.9 Å². The Morgan fingerprint density at radius 3 is 2.70 bits per heavy atom. The first-order valence-corrected chi connectivity index (χ1v) is 8.99. The molecular formula is C21H16N4O5. The van der Waals surface area contributed by atoms with E-state index >= 15 is 0 Å². The molecule has 0 aliphatic heterocycles. The van der Waals surface area contributed by atoms with E-state index in [1.165, 1.54) is 24.3 Å². The monoisotopic (exact) mass is 404 g/mol. The molecule has 0 atom stereocenters. The number of nitrogens with zero attached hydrogens (tertiary/aromatic N) is 3. The summed E-state index contributed by atoms with van der Waals surface area (Å²) in [5.41, 5.74) is 3.32. The topological polar surface area (TPSA) is 120 Å². The lowest BCUT2D eigenvalue weighted by Crippen LogP contribution is -2.20. The Balaban J connectivity index is 1.40. The van der Waals surface area contributed by atoms with Crippen LogP contribution in [0.15, 0.2) is 65.2 Å². The molecule has 0 aliphatic rings. The lowest BCUT2D eigenvalue weighted by Gasteiger charge is -2.10. The number of fused-ring (bicyclic) bond motifs is 1. The Kier molecular flexibility index (Phi) is 5.08.